The number of rotatable bonds is 5. The Hall–Kier alpha value is -3.46. The van der Waals surface area contributed by atoms with Crippen LogP contribution in [0.2, 0.25) is 0 Å². The molecule has 0 saturated carbocycles. The summed E-state index contributed by atoms with van der Waals surface area (Å²) in [5.41, 5.74) is 13.2. The van der Waals surface area contributed by atoms with Gasteiger partial charge in [0.25, 0.3) is 0 Å². The molecule has 4 aromatic rings. The smallest absolute Gasteiger partial charge is 0.164 e. The van der Waals surface area contributed by atoms with Gasteiger partial charge in [0, 0.05) is 22.9 Å². The van der Waals surface area contributed by atoms with E-state index in [0.717, 1.165) is 65.1 Å². The molecule has 1 atom stereocenters. The summed E-state index contributed by atoms with van der Waals surface area (Å²) >= 11 is 0. The monoisotopic (exact) mass is 474 g/mol. The van der Waals surface area contributed by atoms with Crippen LogP contribution in [0.1, 0.15) is 54.2 Å². The van der Waals surface area contributed by atoms with E-state index in [0.29, 0.717) is 11.9 Å². The summed E-state index contributed by atoms with van der Waals surface area (Å²) in [7, 11) is 3.91. The number of aromatic nitrogens is 6. The number of ether oxygens (including phenoxy) is 1. The minimum atomic E-state index is -0.127. The average molecular weight is 475 g/mol. The van der Waals surface area contributed by atoms with Gasteiger partial charge in [-0.25, -0.2) is 14.6 Å². The van der Waals surface area contributed by atoms with Crippen LogP contribution in [0.4, 0.5) is 5.82 Å². The van der Waals surface area contributed by atoms with E-state index in [-0.39, 0.29) is 6.04 Å². The molecule has 3 aromatic heterocycles. The number of nitrogen functional groups attached to an aromatic ring is 1. The van der Waals surface area contributed by atoms with Crippen molar-refractivity contribution in [3.05, 3.63) is 47.2 Å². The zero-order valence-corrected chi connectivity index (χ0v) is 21.4. The van der Waals surface area contributed by atoms with Crippen molar-refractivity contribution in [3.63, 3.8) is 0 Å². The van der Waals surface area contributed by atoms with Gasteiger partial charge < -0.3 is 15.4 Å². The summed E-state index contributed by atoms with van der Waals surface area (Å²) in [6, 6.07) is 2.49. The van der Waals surface area contributed by atoms with E-state index in [1.54, 1.807) is 7.11 Å². The van der Waals surface area contributed by atoms with Crippen molar-refractivity contribution in [1.29, 1.82) is 0 Å². The first-order chi connectivity index (χ1) is 16.8. The summed E-state index contributed by atoms with van der Waals surface area (Å²) in [6.45, 7) is 10.5. The maximum atomic E-state index is 6.14. The fourth-order valence-electron chi connectivity index (χ4n) is 5.29. The number of hydrogen-bond acceptors (Lipinski definition) is 7. The lowest BCUT2D eigenvalue weighted by atomic mass is 9.92. The van der Waals surface area contributed by atoms with Gasteiger partial charge in [-0.05, 0) is 77.9 Å². The third-order valence-electron chi connectivity index (χ3n) is 7.49. The Bertz CT molecular complexity index is 1380. The maximum Gasteiger partial charge on any atom is 0.164 e. The van der Waals surface area contributed by atoms with E-state index < -0.39 is 0 Å². The van der Waals surface area contributed by atoms with Crippen molar-refractivity contribution in [3.8, 4) is 16.9 Å². The van der Waals surface area contributed by atoms with Gasteiger partial charge in [0.05, 0.1) is 36.5 Å². The minimum absolute atomic E-state index is 0.127. The normalized spacial score (nSPS) is 16.2. The van der Waals surface area contributed by atoms with Gasteiger partial charge in [0.2, 0.25) is 0 Å². The van der Waals surface area contributed by atoms with Crippen LogP contribution in [0.25, 0.3) is 22.2 Å². The van der Waals surface area contributed by atoms with Crippen LogP contribution in [0.5, 0.6) is 5.75 Å². The van der Waals surface area contributed by atoms with Gasteiger partial charge >= 0.3 is 0 Å². The molecule has 5 rings (SSSR count). The molecule has 1 aromatic carbocycles. The van der Waals surface area contributed by atoms with E-state index >= 15 is 0 Å². The summed E-state index contributed by atoms with van der Waals surface area (Å²) in [5.74, 6) is 1.28. The Morgan fingerprint density at radius 3 is 2.60 bits per heavy atom. The lowest BCUT2D eigenvalue weighted by Crippen LogP contribution is -2.31. The third kappa shape index (κ3) is 3.93. The quantitative estimate of drug-likeness (QED) is 0.465. The van der Waals surface area contributed by atoms with Gasteiger partial charge in [-0.1, -0.05) is 0 Å². The van der Waals surface area contributed by atoms with Gasteiger partial charge in [-0.15, -0.1) is 0 Å². The van der Waals surface area contributed by atoms with Crippen LogP contribution < -0.4 is 10.5 Å². The molecule has 9 heteroatoms. The standard InChI is InChI=1S/C26H34N8O/c1-15-11-21(18(4)34-26-23(17(3)31-34)25(27)28-14-29-26)24(35-6)22(16(15)2)19-12-30-33(13-19)20-7-9-32(5)10-8-20/h11-14,18,20H,7-10H2,1-6H3,(H2,27,28,29). The van der Waals surface area contributed by atoms with Crippen molar-refractivity contribution < 1.29 is 4.74 Å². The van der Waals surface area contributed by atoms with Crippen LogP contribution in [0, 0.1) is 20.8 Å². The molecule has 1 aliphatic heterocycles. The summed E-state index contributed by atoms with van der Waals surface area (Å²) in [4.78, 5) is 11.0. The molecule has 1 aliphatic rings. The molecular weight excluding hydrogens is 440 g/mol. The molecule has 2 N–H and O–H groups in total. The largest absolute Gasteiger partial charge is 0.496 e. The number of benzene rings is 1. The first kappa shape index (κ1) is 23.3. The predicted molar refractivity (Wildman–Crippen MR) is 138 cm³/mol. The van der Waals surface area contributed by atoms with Crippen LogP contribution in [0.15, 0.2) is 24.8 Å². The van der Waals surface area contributed by atoms with E-state index in [1.807, 2.05) is 17.8 Å². The second-order valence-corrected chi connectivity index (χ2v) is 9.72. The van der Waals surface area contributed by atoms with E-state index in [9.17, 15) is 0 Å². The van der Waals surface area contributed by atoms with E-state index in [2.05, 4.69) is 59.6 Å². The molecule has 0 amide bonds. The van der Waals surface area contributed by atoms with Crippen LogP contribution in [-0.2, 0) is 0 Å². The molecule has 1 saturated heterocycles. The number of hydrogen-bond donors (Lipinski definition) is 1. The number of nitrogens with two attached hydrogens (primary N) is 1. The molecule has 0 aliphatic carbocycles. The second-order valence-electron chi connectivity index (χ2n) is 9.72. The Morgan fingerprint density at radius 1 is 1.14 bits per heavy atom. The molecule has 4 heterocycles. The molecule has 1 unspecified atom stereocenters. The molecule has 0 spiro atoms. The van der Waals surface area contributed by atoms with E-state index in [1.165, 1.54) is 17.5 Å². The van der Waals surface area contributed by atoms with Crippen molar-refractivity contribution in [2.45, 2.75) is 52.6 Å². The first-order valence-corrected chi connectivity index (χ1v) is 12.2. The third-order valence-corrected chi connectivity index (χ3v) is 7.49. The Balaban J connectivity index is 1.60. The minimum Gasteiger partial charge on any atom is -0.496 e. The van der Waals surface area contributed by atoms with E-state index in [4.69, 9.17) is 20.7 Å². The number of anilines is 1. The fraction of sp³-hybridized carbons (Fsp3) is 0.462. The molecular formula is C26H34N8O. The van der Waals surface area contributed by atoms with Crippen molar-refractivity contribution in [1.82, 2.24) is 34.4 Å². The highest BCUT2D eigenvalue weighted by atomic mass is 16.5. The maximum absolute atomic E-state index is 6.14. The SMILES string of the molecule is COc1c(C(C)n2nc(C)c3c(N)ncnc32)cc(C)c(C)c1-c1cnn(C2CCN(C)CC2)c1. The summed E-state index contributed by atoms with van der Waals surface area (Å²) in [6.07, 6.45) is 7.86. The highest BCUT2D eigenvalue weighted by Crippen LogP contribution is 2.42. The number of fused-ring (bicyclic) bond motifs is 1. The molecule has 0 radical (unpaired) electrons. The molecule has 184 valence electrons. The lowest BCUT2D eigenvalue weighted by molar-refractivity contribution is 0.212. The number of methoxy groups -OCH3 is 1. The van der Waals surface area contributed by atoms with Crippen LogP contribution >= 0.6 is 0 Å². The zero-order valence-electron chi connectivity index (χ0n) is 21.4. The van der Waals surface area contributed by atoms with Gasteiger partial charge in [-0.2, -0.15) is 10.2 Å². The van der Waals surface area contributed by atoms with Gasteiger partial charge in [-0.3, -0.25) is 4.68 Å². The molecule has 35 heavy (non-hydrogen) atoms. The zero-order chi connectivity index (χ0) is 24.9. The summed E-state index contributed by atoms with van der Waals surface area (Å²) < 4.78 is 10.1. The molecule has 9 nitrogen and oxygen atoms in total. The Morgan fingerprint density at radius 2 is 1.89 bits per heavy atom. The first-order valence-electron chi connectivity index (χ1n) is 12.2. The highest BCUT2D eigenvalue weighted by molar-refractivity contribution is 5.88. The average Bonchev–Trinajstić information content (AvgIpc) is 3.46. The lowest BCUT2D eigenvalue weighted by Gasteiger charge is -2.29. The highest BCUT2D eigenvalue weighted by Gasteiger charge is 2.26. The second kappa shape index (κ2) is 8.96. The summed E-state index contributed by atoms with van der Waals surface area (Å²) in [5, 5.41) is 10.3. The van der Waals surface area contributed by atoms with Gasteiger partial charge in [0.1, 0.15) is 17.9 Å². The number of likely N-dealkylation sites (tertiary alicyclic amines) is 1. The molecule has 1 fully saturated rings. The Kier molecular flexibility index (Phi) is 5.96. The number of piperidine rings is 1. The van der Waals surface area contributed by atoms with Crippen molar-refractivity contribution >= 4 is 16.9 Å². The van der Waals surface area contributed by atoms with Gasteiger partial charge in [0.15, 0.2) is 5.65 Å². The fourth-order valence-corrected chi connectivity index (χ4v) is 5.29. The van der Waals surface area contributed by atoms with Crippen LogP contribution in [0.3, 0.4) is 0 Å². The topological polar surface area (TPSA) is 99.9 Å². The van der Waals surface area contributed by atoms with Crippen LogP contribution in [-0.4, -0.2) is 61.7 Å². The number of nitrogens with zero attached hydrogens (tertiary/aromatic N) is 7. The predicted octanol–water partition coefficient (Wildman–Crippen LogP) is 4.08. The molecule has 0 bridgehead atoms. The Labute approximate surface area is 205 Å². The van der Waals surface area contributed by atoms with Crippen molar-refractivity contribution in [2.24, 2.45) is 0 Å². The van der Waals surface area contributed by atoms with Crippen molar-refractivity contribution in [2.75, 3.05) is 33.0 Å². The number of aryl methyl sites for hydroxylation is 2.